The molecule has 0 spiro atoms. The summed E-state index contributed by atoms with van der Waals surface area (Å²) in [6.45, 7) is 1.66. The molecule has 0 aliphatic carbocycles. The number of piperazine rings is 1. The first-order chi connectivity index (χ1) is 12.6. The number of hydrogen-bond acceptors (Lipinski definition) is 3. The SMILES string of the molecule is N#Cc1cccc(C(=O)N2CCN(C(=O)Cc3ccccc3F)CC2)c1. The van der Waals surface area contributed by atoms with E-state index in [1.165, 1.54) is 6.07 Å². The minimum atomic E-state index is -0.382. The van der Waals surface area contributed by atoms with Crippen LogP contribution in [-0.2, 0) is 11.2 Å². The van der Waals surface area contributed by atoms with Gasteiger partial charge in [-0.05, 0) is 29.8 Å². The van der Waals surface area contributed by atoms with Crippen LogP contribution in [0, 0.1) is 17.1 Å². The van der Waals surface area contributed by atoms with E-state index in [4.69, 9.17) is 5.26 Å². The second kappa shape index (κ2) is 7.79. The molecule has 0 atom stereocenters. The summed E-state index contributed by atoms with van der Waals surface area (Å²) in [5, 5.41) is 8.94. The molecule has 2 aromatic carbocycles. The van der Waals surface area contributed by atoms with E-state index >= 15 is 0 Å². The number of halogens is 1. The number of hydrogen-bond donors (Lipinski definition) is 0. The Morgan fingerprint density at radius 1 is 1.00 bits per heavy atom. The topological polar surface area (TPSA) is 64.4 Å². The van der Waals surface area contributed by atoms with E-state index in [1.807, 2.05) is 6.07 Å². The van der Waals surface area contributed by atoms with Crippen LogP contribution < -0.4 is 0 Å². The highest BCUT2D eigenvalue weighted by Gasteiger charge is 2.25. The zero-order valence-corrected chi connectivity index (χ0v) is 14.2. The van der Waals surface area contributed by atoms with Gasteiger partial charge in [0.25, 0.3) is 5.91 Å². The van der Waals surface area contributed by atoms with Crippen molar-refractivity contribution in [3.8, 4) is 6.07 Å². The standard InChI is InChI=1S/C20H18FN3O2/c21-18-7-2-1-5-16(18)13-19(25)23-8-10-24(11-9-23)20(26)17-6-3-4-15(12-17)14-22/h1-7,12H,8-11,13H2. The molecule has 2 amide bonds. The van der Waals surface area contributed by atoms with Crippen LogP contribution >= 0.6 is 0 Å². The van der Waals surface area contributed by atoms with Gasteiger partial charge in [-0.15, -0.1) is 0 Å². The van der Waals surface area contributed by atoms with Crippen LogP contribution in [0.3, 0.4) is 0 Å². The summed E-state index contributed by atoms with van der Waals surface area (Å²) in [5.41, 5.74) is 1.29. The van der Waals surface area contributed by atoms with Gasteiger partial charge in [-0.25, -0.2) is 4.39 Å². The van der Waals surface area contributed by atoms with Gasteiger partial charge in [0, 0.05) is 31.7 Å². The lowest BCUT2D eigenvalue weighted by molar-refractivity contribution is -0.132. The minimum Gasteiger partial charge on any atom is -0.339 e. The van der Waals surface area contributed by atoms with Crippen molar-refractivity contribution in [2.24, 2.45) is 0 Å². The number of nitrogens with zero attached hydrogens (tertiary/aromatic N) is 3. The molecule has 1 aliphatic rings. The summed E-state index contributed by atoms with van der Waals surface area (Å²) >= 11 is 0. The number of carbonyl (C=O) groups is 2. The average molecular weight is 351 g/mol. The van der Waals surface area contributed by atoms with E-state index in [2.05, 4.69) is 0 Å². The Morgan fingerprint density at radius 2 is 1.69 bits per heavy atom. The fourth-order valence-electron chi connectivity index (χ4n) is 2.98. The number of rotatable bonds is 3. The number of carbonyl (C=O) groups excluding carboxylic acids is 2. The van der Waals surface area contributed by atoms with Gasteiger partial charge >= 0.3 is 0 Å². The maximum Gasteiger partial charge on any atom is 0.254 e. The predicted octanol–water partition coefficient (Wildman–Crippen LogP) is 2.22. The van der Waals surface area contributed by atoms with Gasteiger partial charge in [0.1, 0.15) is 5.82 Å². The minimum absolute atomic E-state index is 0.0187. The van der Waals surface area contributed by atoms with E-state index in [1.54, 1.807) is 52.3 Å². The zero-order valence-electron chi connectivity index (χ0n) is 14.2. The quantitative estimate of drug-likeness (QED) is 0.852. The maximum absolute atomic E-state index is 13.7. The van der Waals surface area contributed by atoms with Crippen LogP contribution in [0.1, 0.15) is 21.5 Å². The Hall–Kier alpha value is -3.20. The van der Waals surface area contributed by atoms with Crippen LogP contribution in [0.25, 0.3) is 0 Å². The first kappa shape index (κ1) is 17.6. The lowest BCUT2D eigenvalue weighted by Gasteiger charge is -2.35. The molecule has 3 rings (SSSR count). The highest BCUT2D eigenvalue weighted by atomic mass is 19.1. The van der Waals surface area contributed by atoms with Gasteiger partial charge < -0.3 is 9.80 Å². The molecule has 1 heterocycles. The zero-order chi connectivity index (χ0) is 18.5. The highest BCUT2D eigenvalue weighted by Crippen LogP contribution is 2.13. The molecule has 132 valence electrons. The fraction of sp³-hybridized carbons (Fsp3) is 0.250. The van der Waals surface area contributed by atoms with Crippen molar-refractivity contribution >= 4 is 11.8 Å². The third-order valence-corrected chi connectivity index (χ3v) is 4.46. The Morgan fingerprint density at radius 3 is 2.38 bits per heavy atom. The highest BCUT2D eigenvalue weighted by molar-refractivity contribution is 5.94. The van der Waals surface area contributed by atoms with Gasteiger partial charge in [-0.1, -0.05) is 24.3 Å². The molecule has 5 nitrogen and oxygen atoms in total. The molecule has 0 unspecified atom stereocenters. The molecule has 0 aromatic heterocycles. The summed E-state index contributed by atoms with van der Waals surface area (Å²) in [5.74, 6) is -0.677. The number of benzene rings is 2. The van der Waals surface area contributed by atoms with E-state index in [9.17, 15) is 14.0 Å². The van der Waals surface area contributed by atoms with E-state index in [0.717, 1.165) is 0 Å². The van der Waals surface area contributed by atoms with E-state index in [-0.39, 0.29) is 24.1 Å². The first-order valence-electron chi connectivity index (χ1n) is 8.39. The second-order valence-electron chi connectivity index (χ2n) is 6.13. The van der Waals surface area contributed by atoms with Crippen molar-refractivity contribution in [2.45, 2.75) is 6.42 Å². The molecule has 2 aromatic rings. The Balaban J connectivity index is 1.58. The molecule has 6 heteroatoms. The summed E-state index contributed by atoms with van der Waals surface area (Å²) in [6, 6.07) is 14.8. The van der Waals surface area contributed by atoms with Crippen molar-refractivity contribution in [3.63, 3.8) is 0 Å². The van der Waals surface area contributed by atoms with Gasteiger partial charge in [0.2, 0.25) is 5.91 Å². The molecule has 1 fully saturated rings. The summed E-state index contributed by atoms with van der Waals surface area (Å²) in [4.78, 5) is 28.2. The predicted molar refractivity (Wildman–Crippen MR) is 93.7 cm³/mol. The Labute approximate surface area is 151 Å². The lowest BCUT2D eigenvalue weighted by atomic mass is 10.1. The third kappa shape index (κ3) is 3.89. The van der Waals surface area contributed by atoms with Crippen LogP contribution in [0.4, 0.5) is 4.39 Å². The van der Waals surface area contributed by atoms with Gasteiger partial charge in [-0.2, -0.15) is 5.26 Å². The van der Waals surface area contributed by atoms with Crippen molar-refractivity contribution in [2.75, 3.05) is 26.2 Å². The largest absolute Gasteiger partial charge is 0.339 e. The normalized spacial score (nSPS) is 14.0. The summed E-state index contributed by atoms with van der Waals surface area (Å²) in [7, 11) is 0. The molecule has 1 saturated heterocycles. The van der Waals surface area contributed by atoms with Gasteiger partial charge in [0.15, 0.2) is 0 Å². The lowest BCUT2D eigenvalue weighted by Crippen LogP contribution is -2.51. The van der Waals surface area contributed by atoms with Gasteiger partial charge in [0.05, 0.1) is 18.1 Å². The van der Waals surface area contributed by atoms with Crippen molar-refractivity contribution in [3.05, 3.63) is 71.0 Å². The molecule has 0 radical (unpaired) electrons. The van der Waals surface area contributed by atoms with Gasteiger partial charge in [-0.3, -0.25) is 9.59 Å². The smallest absolute Gasteiger partial charge is 0.254 e. The Bertz CT molecular complexity index is 867. The third-order valence-electron chi connectivity index (χ3n) is 4.46. The molecular weight excluding hydrogens is 333 g/mol. The monoisotopic (exact) mass is 351 g/mol. The molecule has 0 bridgehead atoms. The second-order valence-corrected chi connectivity index (χ2v) is 6.13. The number of nitriles is 1. The van der Waals surface area contributed by atoms with Crippen LogP contribution in [-0.4, -0.2) is 47.8 Å². The van der Waals surface area contributed by atoms with Crippen molar-refractivity contribution in [1.29, 1.82) is 5.26 Å². The van der Waals surface area contributed by atoms with E-state index in [0.29, 0.717) is 42.9 Å². The van der Waals surface area contributed by atoms with Crippen molar-refractivity contribution < 1.29 is 14.0 Å². The number of amides is 2. The molecule has 0 N–H and O–H groups in total. The molecular formula is C20H18FN3O2. The van der Waals surface area contributed by atoms with Crippen LogP contribution in [0.15, 0.2) is 48.5 Å². The molecule has 1 aliphatic heterocycles. The first-order valence-corrected chi connectivity index (χ1v) is 8.39. The molecule has 0 saturated carbocycles. The van der Waals surface area contributed by atoms with Crippen LogP contribution in [0.2, 0.25) is 0 Å². The van der Waals surface area contributed by atoms with E-state index < -0.39 is 0 Å². The summed E-state index contributed by atoms with van der Waals surface area (Å²) < 4.78 is 13.7. The average Bonchev–Trinajstić information content (AvgIpc) is 2.69. The molecule has 26 heavy (non-hydrogen) atoms. The Kier molecular flexibility index (Phi) is 5.28. The fourth-order valence-corrected chi connectivity index (χ4v) is 2.98. The maximum atomic E-state index is 13.7. The summed E-state index contributed by atoms with van der Waals surface area (Å²) in [6.07, 6.45) is 0.0187. The van der Waals surface area contributed by atoms with Crippen molar-refractivity contribution in [1.82, 2.24) is 9.80 Å². The van der Waals surface area contributed by atoms with Crippen LogP contribution in [0.5, 0.6) is 0 Å².